The lowest BCUT2D eigenvalue weighted by Crippen LogP contribution is -2.36. The van der Waals surface area contributed by atoms with Gasteiger partial charge in [-0.2, -0.15) is 0 Å². The summed E-state index contributed by atoms with van der Waals surface area (Å²) in [5.74, 6) is 0.535. The van der Waals surface area contributed by atoms with Gasteiger partial charge < -0.3 is 14.8 Å². The van der Waals surface area contributed by atoms with Gasteiger partial charge in [-0.3, -0.25) is 14.5 Å². The molecule has 1 fully saturated rings. The molecule has 5 rings (SSSR count). The minimum atomic E-state index is -0.206. The molecule has 3 aromatic rings. The number of nitrogens with zero attached hydrogens (tertiary/aromatic N) is 1. The van der Waals surface area contributed by atoms with Gasteiger partial charge in [-0.05, 0) is 61.2 Å². The Morgan fingerprint density at radius 1 is 1.06 bits per heavy atom. The highest BCUT2D eigenvalue weighted by atomic mass is 16.5. The van der Waals surface area contributed by atoms with Crippen LogP contribution in [0.4, 0.5) is 5.69 Å². The quantitative estimate of drug-likeness (QED) is 0.524. The zero-order valence-electron chi connectivity index (χ0n) is 19.7. The Labute approximate surface area is 205 Å². The van der Waals surface area contributed by atoms with Crippen LogP contribution in [0.1, 0.15) is 39.9 Å². The van der Waals surface area contributed by atoms with Crippen LogP contribution in [-0.2, 0) is 16.1 Å². The molecule has 178 valence electrons. The number of rotatable bonds is 6. The molecule has 0 aromatic heterocycles. The topological polar surface area (TPSA) is 67.9 Å². The highest BCUT2D eigenvalue weighted by Crippen LogP contribution is 2.36. The van der Waals surface area contributed by atoms with Crippen LogP contribution in [0.2, 0.25) is 0 Å². The maximum Gasteiger partial charge on any atom is 0.294 e. The Balaban J connectivity index is 1.33. The van der Waals surface area contributed by atoms with Gasteiger partial charge in [0.25, 0.3) is 11.8 Å². The van der Waals surface area contributed by atoms with Crippen LogP contribution in [-0.4, -0.2) is 31.1 Å². The second kappa shape index (κ2) is 10.2. The highest BCUT2D eigenvalue weighted by Gasteiger charge is 2.30. The monoisotopic (exact) mass is 468 g/mol. The fourth-order valence-corrected chi connectivity index (χ4v) is 4.29. The third-order valence-electron chi connectivity index (χ3n) is 6.28. The fraction of sp³-hybridized carbons (Fsp3) is 0.241. The van der Waals surface area contributed by atoms with E-state index in [9.17, 15) is 9.59 Å². The molecule has 0 unspecified atom stereocenters. The molecule has 3 aromatic carbocycles. The number of hydrogen-bond acceptors (Lipinski definition) is 4. The number of para-hydroxylation sites is 2. The highest BCUT2D eigenvalue weighted by molar-refractivity contribution is 6.09. The number of amides is 2. The van der Waals surface area contributed by atoms with Crippen molar-refractivity contribution in [1.82, 2.24) is 5.32 Å². The smallest absolute Gasteiger partial charge is 0.294 e. The molecule has 0 aliphatic carbocycles. The van der Waals surface area contributed by atoms with Crippen LogP contribution in [0, 0.1) is 6.92 Å². The maximum atomic E-state index is 13.4. The second-order valence-electron chi connectivity index (χ2n) is 8.92. The summed E-state index contributed by atoms with van der Waals surface area (Å²) in [7, 11) is 0. The fourth-order valence-electron chi connectivity index (χ4n) is 4.29. The van der Waals surface area contributed by atoms with Gasteiger partial charge in [0.2, 0.25) is 0 Å². The van der Waals surface area contributed by atoms with Gasteiger partial charge in [-0.25, -0.2) is 0 Å². The zero-order valence-corrected chi connectivity index (χ0v) is 19.7. The van der Waals surface area contributed by atoms with E-state index in [0.29, 0.717) is 24.4 Å². The molecule has 6 heteroatoms. The molecular weight excluding hydrogens is 440 g/mol. The molecule has 1 saturated heterocycles. The van der Waals surface area contributed by atoms with E-state index in [1.54, 1.807) is 23.1 Å². The van der Waals surface area contributed by atoms with Crippen molar-refractivity contribution in [3.05, 3.63) is 101 Å². The number of aryl methyl sites for hydroxylation is 1. The molecule has 0 radical (unpaired) electrons. The Hall–Kier alpha value is -3.90. The molecule has 2 heterocycles. The first-order chi connectivity index (χ1) is 17.1. The number of benzene rings is 3. The van der Waals surface area contributed by atoms with Crippen LogP contribution in [0.3, 0.4) is 0 Å². The molecular formula is C29H28N2O4. The van der Waals surface area contributed by atoms with E-state index in [1.807, 2.05) is 67.6 Å². The third kappa shape index (κ3) is 5.28. The first-order valence-electron chi connectivity index (χ1n) is 11.9. The van der Waals surface area contributed by atoms with Gasteiger partial charge >= 0.3 is 0 Å². The van der Waals surface area contributed by atoms with Gasteiger partial charge in [0, 0.05) is 18.7 Å². The van der Waals surface area contributed by atoms with Gasteiger partial charge in [0.15, 0.2) is 11.5 Å². The molecule has 2 amide bonds. The summed E-state index contributed by atoms with van der Waals surface area (Å²) in [4.78, 5) is 27.6. The summed E-state index contributed by atoms with van der Waals surface area (Å²) < 4.78 is 11.5. The van der Waals surface area contributed by atoms with Crippen molar-refractivity contribution in [2.24, 2.45) is 0 Å². The normalized spacial score (nSPS) is 18.3. The van der Waals surface area contributed by atoms with Gasteiger partial charge in [-0.1, -0.05) is 54.1 Å². The van der Waals surface area contributed by atoms with E-state index < -0.39 is 0 Å². The number of carbonyl (C=O) groups is 2. The number of carbonyl (C=O) groups excluding carboxylic acids is 2. The van der Waals surface area contributed by atoms with E-state index in [1.165, 1.54) is 5.56 Å². The molecule has 1 N–H and O–H groups in total. The molecule has 35 heavy (non-hydrogen) atoms. The first-order valence-corrected chi connectivity index (χ1v) is 11.9. The minimum absolute atomic E-state index is 0.100. The SMILES string of the molecule is Cc1ccc(CN2C(=O)/C(=C\c3ccc(C(=O)NC[C@H]4CCCO4)cc3)Oc3ccccc32)cc1. The summed E-state index contributed by atoms with van der Waals surface area (Å²) >= 11 is 0. The van der Waals surface area contributed by atoms with E-state index in [0.717, 1.165) is 36.3 Å². The average Bonchev–Trinajstić information content (AvgIpc) is 3.40. The Morgan fingerprint density at radius 3 is 2.57 bits per heavy atom. The van der Waals surface area contributed by atoms with Crippen LogP contribution >= 0.6 is 0 Å². The Kier molecular flexibility index (Phi) is 6.64. The van der Waals surface area contributed by atoms with Crippen LogP contribution in [0.25, 0.3) is 6.08 Å². The lowest BCUT2D eigenvalue weighted by Gasteiger charge is -2.30. The van der Waals surface area contributed by atoms with E-state index in [-0.39, 0.29) is 23.7 Å². The summed E-state index contributed by atoms with van der Waals surface area (Å²) in [6, 6.07) is 22.8. The van der Waals surface area contributed by atoms with E-state index >= 15 is 0 Å². The Morgan fingerprint density at radius 2 is 1.83 bits per heavy atom. The third-order valence-corrected chi connectivity index (χ3v) is 6.28. The number of anilines is 1. The number of nitrogens with one attached hydrogen (secondary N) is 1. The Bertz CT molecular complexity index is 1240. The molecule has 2 aliphatic heterocycles. The number of hydrogen-bond donors (Lipinski definition) is 1. The van der Waals surface area contributed by atoms with Gasteiger partial charge in [-0.15, -0.1) is 0 Å². The minimum Gasteiger partial charge on any atom is -0.449 e. The van der Waals surface area contributed by atoms with Crippen molar-refractivity contribution in [3.63, 3.8) is 0 Å². The molecule has 1 atom stereocenters. The van der Waals surface area contributed by atoms with Gasteiger partial charge in [0.1, 0.15) is 0 Å². The lowest BCUT2D eigenvalue weighted by molar-refractivity contribution is -0.117. The standard InChI is InChI=1S/C29H28N2O4/c1-20-8-10-22(11-9-20)19-31-25-6-2-3-7-26(25)35-27(29(31)33)17-21-12-14-23(15-13-21)28(32)30-18-24-5-4-16-34-24/h2-3,6-15,17,24H,4-5,16,18-19H2,1H3,(H,30,32)/b27-17+/t24-/m1/s1. The van der Waals surface area contributed by atoms with Crippen LogP contribution < -0.4 is 15.0 Å². The van der Waals surface area contributed by atoms with Crippen molar-refractivity contribution < 1.29 is 19.1 Å². The number of fused-ring (bicyclic) bond motifs is 1. The maximum absolute atomic E-state index is 13.4. The second-order valence-corrected chi connectivity index (χ2v) is 8.92. The summed E-state index contributed by atoms with van der Waals surface area (Å²) in [5, 5.41) is 2.93. The van der Waals surface area contributed by atoms with E-state index in [4.69, 9.17) is 9.47 Å². The summed E-state index contributed by atoms with van der Waals surface area (Å²) in [6.07, 6.45) is 3.83. The summed E-state index contributed by atoms with van der Waals surface area (Å²) in [6.45, 7) is 3.76. The van der Waals surface area contributed by atoms with Crippen molar-refractivity contribution in [2.45, 2.75) is 32.4 Å². The van der Waals surface area contributed by atoms with Gasteiger partial charge in [0.05, 0.1) is 18.3 Å². The molecule has 2 aliphatic rings. The average molecular weight is 469 g/mol. The van der Waals surface area contributed by atoms with E-state index in [2.05, 4.69) is 5.32 Å². The molecule has 0 bridgehead atoms. The number of ether oxygens (including phenoxy) is 2. The zero-order chi connectivity index (χ0) is 24.2. The molecule has 0 saturated carbocycles. The van der Waals surface area contributed by atoms with Crippen molar-refractivity contribution in [1.29, 1.82) is 0 Å². The predicted octanol–water partition coefficient (Wildman–Crippen LogP) is 4.87. The van der Waals surface area contributed by atoms with Crippen LogP contribution in [0.15, 0.2) is 78.6 Å². The largest absolute Gasteiger partial charge is 0.449 e. The van der Waals surface area contributed by atoms with Crippen molar-refractivity contribution in [3.8, 4) is 5.75 Å². The lowest BCUT2D eigenvalue weighted by atomic mass is 10.1. The van der Waals surface area contributed by atoms with Crippen molar-refractivity contribution in [2.75, 3.05) is 18.1 Å². The molecule has 0 spiro atoms. The summed E-state index contributed by atoms with van der Waals surface area (Å²) in [5.41, 5.74) is 4.30. The predicted molar refractivity (Wildman–Crippen MR) is 135 cm³/mol. The van der Waals surface area contributed by atoms with Crippen LogP contribution in [0.5, 0.6) is 5.75 Å². The first kappa shape index (κ1) is 22.9. The van der Waals surface area contributed by atoms with Crippen molar-refractivity contribution >= 4 is 23.6 Å². The molecule has 6 nitrogen and oxygen atoms in total.